The molecule has 0 unspecified atom stereocenters. The molecule has 0 saturated heterocycles. The molecule has 0 aromatic heterocycles. The van der Waals surface area contributed by atoms with Gasteiger partial charge in [0.1, 0.15) is 6.10 Å². The summed E-state index contributed by atoms with van der Waals surface area (Å²) in [5, 5.41) is 15.6. The summed E-state index contributed by atoms with van der Waals surface area (Å²) >= 11 is 0. The molecule has 27 heavy (non-hydrogen) atoms. The highest BCUT2D eigenvalue weighted by atomic mass is 16.5. The highest BCUT2D eigenvalue weighted by Crippen LogP contribution is 2.25. The van der Waals surface area contributed by atoms with Gasteiger partial charge in [0, 0.05) is 18.7 Å². The fraction of sp³-hybridized carbons (Fsp3) is 0.238. The first-order valence-corrected chi connectivity index (χ1v) is 8.40. The Morgan fingerprint density at radius 3 is 1.63 bits per heavy atom. The van der Waals surface area contributed by atoms with Crippen LogP contribution in [0, 0.1) is 0 Å². The number of carbonyl (C=O) groups is 2. The second kappa shape index (κ2) is 12.4. The standard InChI is InChI=1S/C17H21NO.C4H4O4/c1-18(2)13-14-19-17(15-9-5-3-6-10-15)16-11-7-4-8-12-16;5-3(6)1-2-4(7)8/h3-12,17H,13-14H2,1-2H3;1-2H,(H,5,6)(H,7,8). The SMILES string of the molecule is CN(C)CCOC(c1ccccc1)c1ccccc1.O=C(O)C=CC(=O)O. The minimum Gasteiger partial charge on any atom is -0.478 e. The average Bonchev–Trinajstić information content (AvgIpc) is 2.65. The zero-order chi connectivity index (χ0) is 20.1. The summed E-state index contributed by atoms with van der Waals surface area (Å²) in [6.45, 7) is 1.65. The minimum atomic E-state index is -1.26. The van der Waals surface area contributed by atoms with E-state index in [9.17, 15) is 9.59 Å². The van der Waals surface area contributed by atoms with Crippen molar-refractivity contribution in [2.45, 2.75) is 6.10 Å². The van der Waals surface area contributed by atoms with Crippen LogP contribution in [0.25, 0.3) is 0 Å². The van der Waals surface area contributed by atoms with Gasteiger partial charge in [-0.2, -0.15) is 0 Å². The molecule has 0 spiro atoms. The summed E-state index contributed by atoms with van der Waals surface area (Å²) in [6.07, 6.45) is 1.13. The molecule has 2 rings (SSSR count). The van der Waals surface area contributed by atoms with Gasteiger partial charge in [0.2, 0.25) is 0 Å². The van der Waals surface area contributed by atoms with Gasteiger partial charge < -0.3 is 19.8 Å². The van der Waals surface area contributed by atoms with E-state index < -0.39 is 11.9 Å². The third-order valence-electron chi connectivity index (χ3n) is 3.40. The molecular formula is C21H25NO5. The molecule has 0 saturated carbocycles. The van der Waals surface area contributed by atoms with Gasteiger partial charge in [0.05, 0.1) is 6.61 Å². The quantitative estimate of drug-likeness (QED) is 0.694. The second-order valence-electron chi connectivity index (χ2n) is 5.89. The number of nitrogens with zero attached hydrogens (tertiary/aromatic N) is 1. The first kappa shape index (κ1) is 22.1. The van der Waals surface area contributed by atoms with E-state index in [2.05, 4.69) is 67.5 Å². The number of hydrogen-bond acceptors (Lipinski definition) is 4. The number of likely N-dealkylation sites (N-methyl/N-ethyl adjacent to an activating group) is 1. The summed E-state index contributed by atoms with van der Waals surface area (Å²) in [5.74, 6) is -2.51. The molecule has 2 N–H and O–H groups in total. The molecule has 2 aromatic rings. The fourth-order valence-corrected chi connectivity index (χ4v) is 2.14. The van der Waals surface area contributed by atoms with E-state index in [0.717, 1.165) is 13.2 Å². The normalized spacial score (nSPS) is 10.7. The lowest BCUT2D eigenvalue weighted by atomic mass is 10.0. The van der Waals surface area contributed by atoms with Crippen LogP contribution in [0.3, 0.4) is 0 Å². The predicted octanol–water partition coefficient (Wildman–Crippen LogP) is 3.07. The number of benzene rings is 2. The zero-order valence-corrected chi connectivity index (χ0v) is 15.5. The Morgan fingerprint density at radius 1 is 0.889 bits per heavy atom. The van der Waals surface area contributed by atoms with Gasteiger partial charge >= 0.3 is 11.9 Å². The first-order valence-electron chi connectivity index (χ1n) is 8.40. The smallest absolute Gasteiger partial charge is 0.328 e. The lowest BCUT2D eigenvalue weighted by Crippen LogP contribution is -2.20. The molecule has 6 nitrogen and oxygen atoms in total. The molecule has 6 heteroatoms. The van der Waals surface area contributed by atoms with Crippen molar-refractivity contribution in [3.63, 3.8) is 0 Å². The predicted molar refractivity (Wildman–Crippen MR) is 104 cm³/mol. The third-order valence-corrected chi connectivity index (χ3v) is 3.40. The summed E-state index contributed by atoms with van der Waals surface area (Å²) in [5.41, 5.74) is 2.40. The molecule has 0 aliphatic carbocycles. The van der Waals surface area contributed by atoms with Crippen molar-refractivity contribution < 1.29 is 24.5 Å². The van der Waals surface area contributed by atoms with Crippen molar-refractivity contribution in [3.05, 3.63) is 83.9 Å². The molecular weight excluding hydrogens is 346 g/mol. The van der Waals surface area contributed by atoms with Crippen LogP contribution >= 0.6 is 0 Å². The Labute approximate surface area is 159 Å². The third kappa shape index (κ3) is 9.94. The van der Waals surface area contributed by atoms with Crippen molar-refractivity contribution in [3.8, 4) is 0 Å². The lowest BCUT2D eigenvalue weighted by Gasteiger charge is -2.20. The van der Waals surface area contributed by atoms with E-state index in [1.165, 1.54) is 11.1 Å². The number of aliphatic carboxylic acids is 2. The number of carboxylic acids is 2. The van der Waals surface area contributed by atoms with E-state index in [-0.39, 0.29) is 6.10 Å². The van der Waals surface area contributed by atoms with Crippen LogP contribution in [0.4, 0.5) is 0 Å². The highest BCUT2D eigenvalue weighted by Gasteiger charge is 2.13. The summed E-state index contributed by atoms with van der Waals surface area (Å²) < 4.78 is 6.08. The second-order valence-corrected chi connectivity index (χ2v) is 5.89. The van der Waals surface area contributed by atoms with Crippen LogP contribution in [-0.2, 0) is 14.3 Å². The summed E-state index contributed by atoms with van der Waals surface area (Å²) in [4.78, 5) is 21.2. The maximum atomic E-state index is 9.55. The monoisotopic (exact) mass is 371 g/mol. The van der Waals surface area contributed by atoms with Crippen LogP contribution in [0.2, 0.25) is 0 Å². The minimum absolute atomic E-state index is 0.0161. The molecule has 0 radical (unpaired) electrons. The van der Waals surface area contributed by atoms with Gasteiger partial charge in [-0.05, 0) is 25.2 Å². The number of rotatable bonds is 8. The van der Waals surface area contributed by atoms with E-state index >= 15 is 0 Å². The Kier molecular flexibility index (Phi) is 10.1. The molecule has 0 bridgehead atoms. The van der Waals surface area contributed by atoms with Crippen LogP contribution in [-0.4, -0.2) is 54.3 Å². The van der Waals surface area contributed by atoms with Crippen molar-refractivity contribution >= 4 is 11.9 Å². The Hall–Kier alpha value is -2.96. The molecule has 0 fully saturated rings. The molecule has 0 atom stereocenters. The maximum Gasteiger partial charge on any atom is 0.328 e. The molecule has 144 valence electrons. The molecule has 0 aliphatic rings. The van der Waals surface area contributed by atoms with Gasteiger partial charge in [-0.15, -0.1) is 0 Å². The lowest BCUT2D eigenvalue weighted by molar-refractivity contribution is -0.134. The molecule has 2 aromatic carbocycles. The van der Waals surface area contributed by atoms with Crippen molar-refractivity contribution in [2.24, 2.45) is 0 Å². The van der Waals surface area contributed by atoms with E-state index in [1.54, 1.807) is 0 Å². The summed E-state index contributed by atoms with van der Waals surface area (Å²) in [7, 11) is 4.12. The van der Waals surface area contributed by atoms with Gasteiger partial charge in [0.25, 0.3) is 0 Å². The van der Waals surface area contributed by atoms with E-state index in [0.29, 0.717) is 12.2 Å². The average molecular weight is 371 g/mol. The molecule has 0 amide bonds. The Balaban J connectivity index is 0.000000387. The van der Waals surface area contributed by atoms with Crippen LogP contribution < -0.4 is 0 Å². The van der Waals surface area contributed by atoms with Crippen molar-refractivity contribution in [1.29, 1.82) is 0 Å². The molecule has 0 heterocycles. The highest BCUT2D eigenvalue weighted by molar-refractivity contribution is 5.89. The van der Waals surface area contributed by atoms with Crippen LogP contribution in [0.15, 0.2) is 72.8 Å². The first-order chi connectivity index (χ1) is 12.9. The topological polar surface area (TPSA) is 87.1 Å². The zero-order valence-electron chi connectivity index (χ0n) is 15.5. The number of carboxylic acid groups (broad SMARTS) is 2. The van der Waals surface area contributed by atoms with Crippen LogP contribution in [0.1, 0.15) is 17.2 Å². The van der Waals surface area contributed by atoms with Gasteiger partial charge in [-0.3, -0.25) is 0 Å². The maximum absolute atomic E-state index is 9.55. The summed E-state index contributed by atoms with van der Waals surface area (Å²) in [6, 6.07) is 20.8. The van der Waals surface area contributed by atoms with Gasteiger partial charge in [-0.25, -0.2) is 9.59 Å². The van der Waals surface area contributed by atoms with E-state index in [1.807, 2.05) is 12.1 Å². The van der Waals surface area contributed by atoms with Crippen molar-refractivity contribution in [2.75, 3.05) is 27.2 Å². The van der Waals surface area contributed by atoms with Gasteiger partial charge in [0.15, 0.2) is 0 Å². The van der Waals surface area contributed by atoms with Crippen LogP contribution in [0.5, 0.6) is 0 Å². The Bertz CT molecular complexity index is 658. The molecule has 0 aliphatic heterocycles. The number of hydrogen-bond donors (Lipinski definition) is 2. The Morgan fingerprint density at radius 2 is 1.30 bits per heavy atom. The van der Waals surface area contributed by atoms with Crippen molar-refractivity contribution in [1.82, 2.24) is 4.90 Å². The fourth-order valence-electron chi connectivity index (χ4n) is 2.14. The number of ether oxygens (including phenoxy) is 1. The van der Waals surface area contributed by atoms with E-state index in [4.69, 9.17) is 14.9 Å². The van der Waals surface area contributed by atoms with Gasteiger partial charge in [-0.1, -0.05) is 60.7 Å². The largest absolute Gasteiger partial charge is 0.478 e.